The van der Waals surface area contributed by atoms with Gasteiger partial charge in [0, 0.05) is 38.7 Å². The molecule has 3 amide bonds. The van der Waals surface area contributed by atoms with Gasteiger partial charge < -0.3 is 4.90 Å². The van der Waals surface area contributed by atoms with Gasteiger partial charge in [-0.25, -0.2) is 0 Å². The number of likely N-dealkylation sites (N-methyl/N-ethyl adjacent to an activating group) is 1. The summed E-state index contributed by atoms with van der Waals surface area (Å²) >= 11 is 0. The molecule has 0 aromatic heterocycles. The van der Waals surface area contributed by atoms with Gasteiger partial charge in [-0.3, -0.25) is 19.3 Å². The van der Waals surface area contributed by atoms with E-state index in [1.807, 2.05) is 0 Å². The van der Waals surface area contributed by atoms with Crippen LogP contribution in [0, 0.1) is 0 Å². The van der Waals surface area contributed by atoms with E-state index in [1.165, 1.54) is 87.7 Å². The van der Waals surface area contributed by atoms with Crippen LogP contribution >= 0.6 is 0 Å². The van der Waals surface area contributed by atoms with E-state index in [0.717, 1.165) is 12.8 Å². The van der Waals surface area contributed by atoms with Crippen LogP contribution in [0.15, 0.2) is 24.3 Å². The van der Waals surface area contributed by atoms with E-state index in [-0.39, 0.29) is 24.3 Å². The van der Waals surface area contributed by atoms with Gasteiger partial charge in [0.25, 0.3) is 11.8 Å². The average Bonchev–Trinajstić information content (AvgIpc) is 3.06. The Morgan fingerprint density at radius 1 is 0.833 bits per heavy atom. The van der Waals surface area contributed by atoms with Crippen molar-refractivity contribution >= 4 is 17.7 Å². The Morgan fingerprint density at radius 3 is 1.90 bits per heavy atom. The van der Waals surface area contributed by atoms with Crippen LogP contribution in [0.1, 0.15) is 96.8 Å². The zero-order valence-electron chi connectivity index (χ0n) is 19.2. The summed E-state index contributed by atoms with van der Waals surface area (Å²) in [5.41, 5.74) is 0. The van der Waals surface area contributed by atoms with E-state index in [1.54, 1.807) is 11.9 Å². The minimum absolute atomic E-state index is 0.0830. The fraction of sp³-hybridized carbons (Fsp3) is 0.720. The van der Waals surface area contributed by atoms with Gasteiger partial charge in [0.2, 0.25) is 5.91 Å². The van der Waals surface area contributed by atoms with Crippen LogP contribution in [0.25, 0.3) is 0 Å². The normalized spacial score (nSPS) is 13.7. The van der Waals surface area contributed by atoms with E-state index in [0.29, 0.717) is 13.0 Å². The number of imide groups is 1. The van der Waals surface area contributed by atoms with Gasteiger partial charge in [0.1, 0.15) is 0 Å². The smallest absolute Gasteiger partial charge is 0.253 e. The predicted octanol–water partition coefficient (Wildman–Crippen LogP) is 5.41. The monoisotopic (exact) mass is 418 g/mol. The van der Waals surface area contributed by atoms with Crippen molar-refractivity contribution in [2.45, 2.75) is 96.8 Å². The summed E-state index contributed by atoms with van der Waals surface area (Å²) in [6, 6.07) is 0. The first-order chi connectivity index (χ1) is 14.6. The number of hydrogen-bond donors (Lipinski definition) is 0. The molecule has 0 unspecified atom stereocenters. The highest BCUT2D eigenvalue weighted by molar-refractivity contribution is 6.12. The second kappa shape index (κ2) is 16.8. The number of hydrogen-bond acceptors (Lipinski definition) is 3. The molecular formula is C25H42N2O3. The molecule has 0 aromatic carbocycles. The van der Waals surface area contributed by atoms with Crippen molar-refractivity contribution in [1.29, 1.82) is 0 Å². The number of nitrogens with zero attached hydrogens (tertiary/aromatic N) is 2. The summed E-state index contributed by atoms with van der Waals surface area (Å²) in [5, 5.41) is 0. The van der Waals surface area contributed by atoms with E-state index in [4.69, 9.17) is 0 Å². The number of rotatable bonds is 18. The molecule has 0 N–H and O–H groups in total. The van der Waals surface area contributed by atoms with Gasteiger partial charge in [-0.1, -0.05) is 70.4 Å². The lowest BCUT2D eigenvalue weighted by molar-refractivity contribution is -0.138. The van der Waals surface area contributed by atoms with Gasteiger partial charge in [-0.05, 0) is 32.1 Å². The summed E-state index contributed by atoms with van der Waals surface area (Å²) < 4.78 is 0. The maximum atomic E-state index is 12.2. The van der Waals surface area contributed by atoms with E-state index in [9.17, 15) is 14.4 Å². The molecule has 0 saturated carbocycles. The minimum atomic E-state index is -0.293. The summed E-state index contributed by atoms with van der Waals surface area (Å²) in [5.74, 6) is -0.504. The lowest BCUT2D eigenvalue weighted by atomic mass is 10.1. The predicted molar refractivity (Wildman–Crippen MR) is 123 cm³/mol. The number of carbonyl (C=O) groups excluding carboxylic acids is 3. The van der Waals surface area contributed by atoms with Crippen LogP contribution in [0.3, 0.4) is 0 Å². The molecule has 170 valence electrons. The maximum absolute atomic E-state index is 12.2. The van der Waals surface area contributed by atoms with Crippen molar-refractivity contribution in [3.05, 3.63) is 24.3 Å². The van der Waals surface area contributed by atoms with Crippen LogP contribution in [0.4, 0.5) is 0 Å². The van der Waals surface area contributed by atoms with Crippen molar-refractivity contribution in [2.75, 3.05) is 20.1 Å². The van der Waals surface area contributed by atoms with Crippen molar-refractivity contribution < 1.29 is 14.4 Å². The van der Waals surface area contributed by atoms with Crippen LogP contribution < -0.4 is 0 Å². The fourth-order valence-corrected chi connectivity index (χ4v) is 3.56. The molecule has 1 aliphatic rings. The molecule has 0 fully saturated rings. The number of amides is 3. The number of unbranched alkanes of at least 4 members (excludes halogenated alkanes) is 11. The highest BCUT2D eigenvalue weighted by Gasteiger charge is 2.23. The largest absolute Gasteiger partial charge is 0.344 e. The molecule has 0 aromatic rings. The molecule has 0 spiro atoms. The summed E-state index contributed by atoms with van der Waals surface area (Å²) in [6.45, 7) is 2.91. The first kappa shape index (κ1) is 26.1. The zero-order valence-corrected chi connectivity index (χ0v) is 19.2. The minimum Gasteiger partial charge on any atom is -0.344 e. The second-order valence-electron chi connectivity index (χ2n) is 8.31. The average molecular weight is 419 g/mol. The van der Waals surface area contributed by atoms with Crippen molar-refractivity contribution in [1.82, 2.24) is 9.80 Å². The molecule has 0 radical (unpaired) electrons. The van der Waals surface area contributed by atoms with E-state index < -0.39 is 0 Å². The molecule has 5 heteroatoms. The molecule has 0 saturated heterocycles. The van der Waals surface area contributed by atoms with Crippen LogP contribution in [-0.4, -0.2) is 47.7 Å². The first-order valence-corrected chi connectivity index (χ1v) is 12.0. The number of carbonyl (C=O) groups is 3. The van der Waals surface area contributed by atoms with Gasteiger partial charge in [-0.2, -0.15) is 0 Å². The SMILES string of the molecule is CCCCCCCC/C=C\CCCCCCCC(=O)N(C)CCN1C(=O)C=CC1=O. The quantitative estimate of drug-likeness (QED) is 0.170. The Bertz CT molecular complexity index is 551. The topological polar surface area (TPSA) is 57.7 Å². The summed E-state index contributed by atoms with van der Waals surface area (Å²) in [7, 11) is 1.73. The first-order valence-electron chi connectivity index (χ1n) is 12.0. The third-order valence-corrected chi connectivity index (χ3v) is 5.64. The molecule has 0 bridgehead atoms. The van der Waals surface area contributed by atoms with Crippen molar-refractivity contribution in [3.8, 4) is 0 Å². The molecule has 0 atom stereocenters. The highest BCUT2D eigenvalue weighted by atomic mass is 16.2. The summed E-state index contributed by atoms with van der Waals surface area (Å²) in [4.78, 5) is 38.0. The molecule has 1 aliphatic heterocycles. The Kier molecular flexibility index (Phi) is 14.7. The molecular weight excluding hydrogens is 376 g/mol. The van der Waals surface area contributed by atoms with Gasteiger partial charge >= 0.3 is 0 Å². The maximum Gasteiger partial charge on any atom is 0.253 e. The standard InChI is InChI=1S/C25H42N2O3/c1-3-4-5-6-7-8-9-10-11-12-13-14-15-16-17-18-23(28)26(2)21-22-27-24(29)19-20-25(27)30/h10-11,19-20H,3-9,12-18,21-22H2,1-2H3/b11-10-. The summed E-state index contributed by atoms with van der Waals surface area (Å²) in [6.07, 6.45) is 23.9. The van der Waals surface area contributed by atoms with Crippen molar-refractivity contribution in [3.63, 3.8) is 0 Å². The van der Waals surface area contributed by atoms with Crippen LogP contribution in [0.2, 0.25) is 0 Å². The zero-order chi connectivity index (χ0) is 22.0. The molecule has 0 aliphatic carbocycles. The molecule has 1 rings (SSSR count). The Morgan fingerprint density at radius 2 is 1.33 bits per heavy atom. The van der Waals surface area contributed by atoms with Gasteiger partial charge in [-0.15, -0.1) is 0 Å². The highest BCUT2D eigenvalue weighted by Crippen LogP contribution is 2.11. The van der Waals surface area contributed by atoms with Crippen LogP contribution in [0.5, 0.6) is 0 Å². The lowest BCUT2D eigenvalue weighted by Gasteiger charge is -2.20. The third kappa shape index (κ3) is 11.9. The Labute approximate surface area is 183 Å². The molecule has 30 heavy (non-hydrogen) atoms. The van der Waals surface area contributed by atoms with Crippen molar-refractivity contribution in [2.24, 2.45) is 0 Å². The molecule has 1 heterocycles. The van der Waals surface area contributed by atoms with Crippen LogP contribution in [-0.2, 0) is 14.4 Å². The van der Waals surface area contributed by atoms with Gasteiger partial charge in [0.05, 0.1) is 0 Å². The fourth-order valence-electron chi connectivity index (χ4n) is 3.56. The van der Waals surface area contributed by atoms with Gasteiger partial charge in [0.15, 0.2) is 0 Å². The Balaban J connectivity index is 1.91. The Hall–Kier alpha value is -1.91. The lowest BCUT2D eigenvalue weighted by Crippen LogP contribution is -2.39. The van der Waals surface area contributed by atoms with E-state index in [2.05, 4.69) is 19.1 Å². The van der Waals surface area contributed by atoms with E-state index >= 15 is 0 Å². The molecule has 5 nitrogen and oxygen atoms in total. The second-order valence-corrected chi connectivity index (χ2v) is 8.31. The number of allylic oxidation sites excluding steroid dienone is 2. The third-order valence-electron chi connectivity index (χ3n) is 5.64.